The van der Waals surface area contributed by atoms with Crippen LogP contribution in [0.2, 0.25) is 5.28 Å². The van der Waals surface area contributed by atoms with Crippen LogP contribution >= 0.6 is 11.6 Å². The van der Waals surface area contributed by atoms with Crippen LogP contribution in [0.1, 0.15) is 52.7 Å². The van der Waals surface area contributed by atoms with Gasteiger partial charge in [0.05, 0.1) is 11.4 Å². The number of hydrogen-bond acceptors (Lipinski definition) is 4. The van der Waals surface area contributed by atoms with Crippen LogP contribution in [0.3, 0.4) is 0 Å². The quantitative estimate of drug-likeness (QED) is 0.809. The number of rotatable bonds is 2. The van der Waals surface area contributed by atoms with Crippen molar-refractivity contribution in [3.63, 3.8) is 0 Å². The summed E-state index contributed by atoms with van der Waals surface area (Å²) in [6.45, 7) is 11.1. The number of aryl methyl sites for hydroxylation is 1. The molecule has 0 aliphatic heterocycles. The maximum Gasteiger partial charge on any atom is 0.224 e. The molecule has 0 bridgehead atoms. The van der Waals surface area contributed by atoms with Crippen LogP contribution in [-0.4, -0.2) is 16.0 Å². The van der Waals surface area contributed by atoms with Gasteiger partial charge in [0.1, 0.15) is 0 Å². The van der Waals surface area contributed by atoms with E-state index in [1.54, 1.807) is 0 Å². The van der Waals surface area contributed by atoms with Gasteiger partial charge in [0.25, 0.3) is 0 Å². The van der Waals surface area contributed by atoms with Gasteiger partial charge in [-0.15, -0.1) is 0 Å². The van der Waals surface area contributed by atoms with Gasteiger partial charge >= 0.3 is 0 Å². The Hall–Kier alpha value is -1.03. The Labute approximate surface area is 126 Å². The molecule has 0 atom stereocenters. The molecule has 1 aromatic rings. The SMILES string of the molecule is Cc1nc(Cl)nc(NC2CC(C)(C)CC(C)(C)C2)c1N. The number of halogens is 1. The molecule has 20 heavy (non-hydrogen) atoms. The minimum Gasteiger partial charge on any atom is -0.394 e. The third kappa shape index (κ3) is 3.54. The van der Waals surface area contributed by atoms with E-state index in [9.17, 15) is 0 Å². The third-order valence-electron chi connectivity index (χ3n) is 4.00. The highest BCUT2D eigenvalue weighted by atomic mass is 35.5. The summed E-state index contributed by atoms with van der Waals surface area (Å²) in [5.74, 6) is 0.668. The fraction of sp³-hybridized carbons (Fsp3) is 0.733. The van der Waals surface area contributed by atoms with Crippen molar-refractivity contribution in [2.45, 2.75) is 59.9 Å². The zero-order valence-corrected chi connectivity index (χ0v) is 13.8. The van der Waals surface area contributed by atoms with E-state index < -0.39 is 0 Å². The van der Waals surface area contributed by atoms with E-state index in [4.69, 9.17) is 17.3 Å². The molecule has 0 aromatic carbocycles. The predicted molar refractivity (Wildman–Crippen MR) is 85.0 cm³/mol. The molecule has 1 heterocycles. The Balaban J connectivity index is 2.22. The second-order valence-corrected chi connectivity index (χ2v) is 7.93. The molecule has 2 rings (SSSR count). The maximum atomic E-state index is 6.06. The fourth-order valence-corrected chi connectivity index (χ4v) is 4.01. The first-order valence-corrected chi connectivity index (χ1v) is 7.52. The molecule has 1 aliphatic carbocycles. The molecule has 1 saturated carbocycles. The normalized spacial score (nSPS) is 21.7. The Kier molecular flexibility index (Phi) is 3.89. The lowest BCUT2D eigenvalue weighted by Crippen LogP contribution is -2.40. The molecular formula is C15H25ClN4. The molecule has 0 amide bonds. The first-order chi connectivity index (χ1) is 9.08. The van der Waals surface area contributed by atoms with Crippen LogP contribution in [-0.2, 0) is 0 Å². The maximum absolute atomic E-state index is 6.06. The van der Waals surface area contributed by atoms with Gasteiger partial charge in [0, 0.05) is 6.04 Å². The largest absolute Gasteiger partial charge is 0.394 e. The summed E-state index contributed by atoms with van der Waals surface area (Å²) < 4.78 is 0. The van der Waals surface area contributed by atoms with Gasteiger partial charge in [-0.05, 0) is 48.6 Å². The molecular weight excluding hydrogens is 272 g/mol. The highest BCUT2D eigenvalue weighted by molar-refractivity contribution is 6.28. The van der Waals surface area contributed by atoms with Gasteiger partial charge in [-0.2, -0.15) is 4.98 Å². The Morgan fingerprint density at radius 2 is 1.70 bits per heavy atom. The van der Waals surface area contributed by atoms with Crippen LogP contribution in [0, 0.1) is 17.8 Å². The summed E-state index contributed by atoms with van der Waals surface area (Å²) >= 11 is 5.93. The van der Waals surface area contributed by atoms with Gasteiger partial charge < -0.3 is 11.1 Å². The van der Waals surface area contributed by atoms with Gasteiger partial charge in [0.15, 0.2) is 5.82 Å². The molecule has 1 aliphatic rings. The molecule has 1 aromatic heterocycles. The first kappa shape index (κ1) is 15.4. The zero-order chi connectivity index (χ0) is 15.1. The summed E-state index contributed by atoms with van der Waals surface area (Å²) in [4.78, 5) is 8.31. The highest BCUT2D eigenvalue weighted by Gasteiger charge is 2.38. The Morgan fingerprint density at radius 1 is 1.15 bits per heavy atom. The highest BCUT2D eigenvalue weighted by Crippen LogP contribution is 2.46. The third-order valence-corrected chi connectivity index (χ3v) is 4.17. The number of nitrogen functional groups attached to an aromatic ring is 1. The van der Waals surface area contributed by atoms with Crippen molar-refractivity contribution in [2.75, 3.05) is 11.1 Å². The molecule has 5 heteroatoms. The molecule has 0 saturated heterocycles. The van der Waals surface area contributed by atoms with E-state index in [1.165, 1.54) is 6.42 Å². The Morgan fingerprint density at radius 3 is 2.25 bits per heavy atom. The van der Waals surface area contributed by atoms with Crippen molar-refractivity contribution in [1.82, 2.24) is 9.97 Å². The summed E-state index contributed by atoms with van der Waals surface area (Å²) in [5, 5.41) is 3.73. The molecule has 1 fully saturated rings. The first-order valence-electron chi connectivity index (χ1n) is 7.14. The molecule has 0 spiro atoms. The van der Waals surface area contributed by atoms with Crippen LogP contribution < -0.4 is 11.1 Å². The lowest BCUT2D eigenvalue weighted by atomic mass is 9.63. The number of nitrogens with zero attached hydrogens (tertiary/aromatic N) is 2. The van der Waals surface area contributed by atoms with Crippen LogP contribution in [0.5, 0.6) is 0 Å². The monoisotopic (exact) mass is 296 g/mol. The van der Waals surface area contributed by atoms with Crippen molar-refractivity contribution >= 4 is 23.1 Å². The number of nitrogens with one attached hydrogen (secondary N) is 1. The van der Waals surface area contributed by atoms with E-state index in [0.717, 1.165) is 18.5 Å². The average molecular weight is 297 g/mol. The fourth-order valence-electron chi connectivity index (χ4n) is 3.80. The number of nitrogens with two attached hydrogens (primary N) is 1. The standard InChI is InChI=1S/C15H25ClN4/c1-9-11(17)12(20-13(16)18-9)19-10-6-14(2,3)8-15(4,5)7-10/h10H,6-8,17H2,1-5H3,(H,18,19,20). The second-order valence-electron chi connectivity index (χ2n) is 7.60. The van der Waals surface area contributed by atoms with Crippen molar-refractivity contribution in [1.29, 1.82) is 0 Å². The number of aromatic nitrogens is 2. The van der Waals surface area contributed by atoms with E-state index in [1.807, 2.05) is 6.92 Å². The number of hydrogen-bond donors (Lipinski definition) is 2. The molecule has 4 nitrogen and oxygen atoms in total. The molecule has 0 unspecified atom stereocenters. The molecule has 0 radical (unpaired) electrons. The van der Waals surface area contributed by atoms with E-state index >= 15 is 0 Å². The summed E-state index contributed by atoms with van der Waals surface area (Å²) in [5.41, 5.74) is 8.01. The summed E-state index contributed by atoms with van der Waals surface area (Å²) in [6, 6.07) is 0.362. The van der Waals surface area contributed by atoms with Crippen molar-refractivity contribution in [3.8, 4) is 0 Å². The van der Waals surface area contributed by atoms with E-state index in [0.29, 0.717) is 28.4 Å². The molecule has 3 N–H and O–H groups in total. The van der Waals surface area contributed by atoms with E-state index in [-0.39, 0.29) is 5.28 Å². The average Bonchev–Trinajstić information content (AvgIpc) is 2.20. The lowest BCUT2D eigenvalue weighted by Gasteiger charge is -2.45. The second kappa shape index (κ2) is 5.06. The lowest BCUT2D eigenvalue weighted by molar-refractivity contribution is 0.105. The van der Waals surface area contributed by atoms with Gasteiger partial charge in [-0.1, -0.05) is 27.7 Å². The minimum atomic E-state index is 0.244. The predicted octanol–water partition coefficient (Wildman–Crippen LogP) is 4.04. The van der Waals surface area contributed by atoms with Crippen molar-refractivity contribution in [2.24, 2.45) is 10.8 Å². The van der Waals surface area contributed by atoms with Gasteiger partial charge in [0.2, 0.25) is 5.28 Å². The minimum absolute atomic E-state index is 0.244. The van der Waals surface area contributed by atoms with E-state index in [2.05, 4.69) is 43.0 Å². The summed E-state index contributed by atoms with van der Waals surface area (Å²) in [7, 11) is 0. The van der Waals surface area contributed by atoms with Crippen LogP contribution in [0.4, 0.5) is 11.5 Å². The zero-order valence-electron chi connectivity index (χ0n) is 13.0. The smallest absolute Gasteiger partial charge is 0.224 e. The topological polar surface area (TPSA) is 63.8 Å². The number of anilines is 2. The van der Waals surface area contributed by atoms with Gasteiger partial charge in [-0.3, -0.25) is 0 Å². The van der Waals surface area contributed by atoms with Crippen molar-refractivity contribution < 1.29 is 0 Å². The van der Waals surface area contributed by atoms with Gasteiger partial charge in [-0.25, -0.2) is 4.98 Å². The van der Waals surface area contributed by atoms with Crippen LogP contribution in [0.15, 0.2) is 0 Å². The van der Waals surface area contributed by atoms with Crippen LogP contribution in [0.25, 0.3) is 0 Å². The molecule has 112 valence electrons. The van der Waals surface area contributed by atoms with Crippen molar-refractivity contribution in [3.05, 3.63) is 11.0 Å². The Bertz CT molecular complexity index is 495. The summed E-state index contributed by atoms with van der Waals surface area (Å²) in [6.07, 6.45) is 3.45.